The van der Waals surface area contributed by atoms with Crippen molar-refractivity contribution in [3.05, 3.63) is 34.4 Å². The van der Waals surface area contributed by atoms with Crippen molar-refractivity contribution in [1.29, 1.82) is 5.26 Å². The van der Waals surface area contributed by atoms with Crippen LogP contribution >= 0.6 is 11.8 Å². The third-order valence-corrected chi connectivity index (χ3v) is 5.58. The molecule has 1 aliphatic carbocycles. The summed E-state index contributed by atoms with van der Waals surface area (Å²) in [5.74, 6) is -0.122. The number of rotatable bonds is 6. The molecule has 0 spiro atoms. The number of nitrogens with zero attached hydrogens (tertiary/aromatic N) is 4. The standard InChI is InChI=1S/C18H19N5O4S/c1-12(15(24)20-18(11-19)8-3-2-4-9-18)28-17-22-21-16(27-17)13-6-5-7-14(10-13)23(25)26/h5-7,10,12H,2-4,8-9H2,1H3,(H,20,24)/t12-/m0/s1. The Morgan fingerprint density at radius 3 is 2.82 bits per heavy atom. The van der Waals surface area contributed by atoms with Crippen LogP contribution in [-0.2, 0) is 4.79 Å². The number of aromatic nitrogens is 2. The number of nitro benzene ring substituents is 1. The first-order valence-electron chi connectivity index (χ1n) is 8.91. The van der Waals surface area contributed by atoms with Crippen LogP contribution in [-0.4, -0.2) is 31.8 Å². The Morgan fingerprint density at radius 1 is 1.39 bits per heavy atom. The Hall–Kier alpha value is -2.93. The summed E-state index contributed by atoms with van der Waals surface area (Å²) in [4.78, 5) is 22.9. The van der Waals surface area contributed by atoms with Crippen LogP contribution < -0.4 is 5.32 Å². The summed E-state index contributed by atoms with van der Waals surface area (Å²) in [7, 11) is 0. The van der Waals surface area contributed by atoms with Crippen molar-refractivity contribution in [3.63, 3.8) is 0 Å². The molecule has 1 aromatic carbocycles. The smallest absolute Gasteiger partial charge is 0.277 e. The Bertz CT molecular complexity index is 917. The molecule has 3 rings (SSSR count). The molecule has 1 aliphatic rings. The SMILES string of the molecule is C[C@H](Sc1nnc(-c2cccc([N+](=O)[O-])c2)o1)C(=O)NC1(C#N)CCCCC1. The fraction of sp³-hybridized carbons (Fsp3) is 0.444. The number of benzene rings is 1. The zero-order valence-corrected chi connectivity index (χ0v) is 16.1. The second kappa shape index (κ2) is 8.39. The maximum absolute atomic E-state index is 12.5. The minimum Gasteiger partial charge on any atom is -0.411 e. The van der Waals surface area contributed by atoms with Gasteiger partial charge in [-0.3, -0.25) is 14.9 Å². The van der Waals surface area contributed by atoms with E-state index in [2.05, 4.69) is 21.6 Å². The zero-order valence-electron chi connectivity index (χ0n) is 15.3. The van der Waals surface area contributed by atoms with Gasteiger partial charge in [-0.2, -0.15) is 5.26 Å². The summed E-state index contributed by atoms with van der Waals surface area (Å²) in [5.41, 5.74) is -0.448. The van der Waals surface area contributed by atoms with Crippen LogP contribution in [0.1, 0.15) is 39.0 Å². The molecule has 10 heteroatoms. The number of carbonyl (C=O) groups excluding carboxylic acids is 1. The molecule has 0 aliphatic heterocycles. The van der Waals surface area contributed by atoms with Gasteiger partial charge in [0.1, 0.15) is 5.54 Å². The van der Waals surface area contributed by atoms with Gasteiger partial charge in [0.2, 0.25) is 11.8 Å². The molecule has 1 amide bonds. The van der Waals surface area contributed by atoms with Gasteiger partial charge in [0.15, 0.2) is 0 Å². The van der Waals surface area contributed by atoms with E-state index in [1.807, 2.05) is 0 Å². The lowest BCUT2D eigenvalue weighted by Crippen LogP contribution is -2.50. The molecule has 0 radical (unpaired) electrons. The Balaban J connectivity index is 1.66. The fourth-order valence-electron chi connectivity index (χ4n) is 3.09. The first-order chi connectivity index (χ1) is 13.4. The second-order valence-electron chi connectivity index (χ2n) is 6.68. The van der Waals surface area contributed by atoms with E-state index in [1.165, 1.54) is 18.2 Å². The van der Waals surface area contributed by atoms with E-state index in [4.69, 9.17) is 4.42 Å². The van der Waals surface area contributed by atoms with Crippen molar-refractivity contribution < 1.29 is 14.1 Å². The minimum absolute atomic E-state index is 0.0769. The lowest BCUT2D eigenvalue weighted by molar-refractivity contribution is -0.384. The second-order valence-corrected chi connectivity index (χ2v) is 7.98. The number of nitriles is 1. The molecule has 1 saturated carbocycles. The molecule has 1 fully saturated rings. The van der Waals surface area contributed by atoms with E-state index in [0.717, 1.165) is 31.0 Å². The number of nitrogens with one attached hydrogen (secondary N) is 1. The van der Waals surface area contributed by atoms with Crippen LogP contribution in [0.15, 0.2) is 33.9 Å². The van der Waals surface area contributed by atoms with Gasteiger partial charge in [0.05, 0.1) is 16.2 Å². The quantitative estimate of drug-likeness (QED) is 0.441. The predicted molar refractivity (Wildman–Crippen MR) is 101 cm³/mol. The number of hydrogen-bond donors (Lipinski definition) is 1. The molecule has 0 saturated heterocycles. The zero-order chi connectivity index (χ0) is 20.1. The Labute approximate surface area is 165 Å². The fourth-order valence-corrected chi connectivity index (χ4v) is 3.77. The van der Waals surface area contributed by atoms with E-state index in [1.54, 1.807) is 13.0 Å². The predicted octanol–water partition coefficient (Wildman–Crippen LogP) is 3.47. The van der Waals surface area contributed by atoms with Gasteiger partial charge in [0.25, 0.3) is 10.9 Å². The third kappa shape index (κ3) is 4.48. The van der Waals surface area contributed by atoms with Gasteiger partial charge in [-0.05, 0) is 25.8 Å². The van der Waals surface area contributed by atoms with E-state index in [-0.39, 0.29) is 22.7 Å². The molecular formula is C18H19N5O4S. The summed E-state index contributed by atoms with van der Waals surface area (Å²) in [5, 5.41) is 30.7. The summed E-state index contributed by atoms with van der Waals surface area (Å²) in [6, 6.07) is 8.14. The van der Waals surface area contributed by atoms with Gasteiger partial charge >= 0.3 is 0 Å². The van der Waals surface area contributed by atoms with E-state index >= 15 is 0 Å². The number of non-ortho nitro benzene ring substituents is 1. The van der Waals surface area contributed by atoms with Gasteiger partial charge in [-0.15, -0.1) is 10.2 Å². The van der Waals surface area contributed by atoms with Crippen LogP contribution in [0, 0.1) is 21.4 Å². The maximum Gasteiger partial charge on any atom is 0.277 e. The highest BCUT2D eigenvalue weighted by atomic mass is 32.2. The number of amides is 1. The van der Waals surface area contributed by atoms with Crippen molar-refractivity contribution in [2.24, 2.45) is 0 Å². The highest BCUT2D eigenvalue weighted by Crippen LogP contribution is 2.30. The van der Waals surface area contributed by atoms with Crippen LogP contribution in [0.3, 0.4) is 0 Å². The molecule has 1 aromatic heterocycles. The average molecular weight is 401 g/mol. The van der Waals surface area contributed by atoms with Gasteiger partial charge < -0.3 is 9.73 Å². The number of hydrogen-bond acceptors (Lipinski definition) is 8. The monoisotopic (exact) mass is 401 g/mol. The molecule has 9 nitrogen and oxygen atoms in total. The van der Waals surface area contributed by atoms with Crippen molar-refractivity contribution in [1.82, 2.24) is 15.5 Å². The van der Waals surface area contributed by atoms with E-state index < -0.39 is 15.7 Å². The summed E-state index contributed by atoms with van der Waals surface area (Å²) in [6.45, 7) is 1.70. The van der Waals surface area contributed by atoms with Gasteiger partial charge in [-0.1, -0.05) is 37.1 Å². The first-order valence-corrected chi connectivity index (χ1v) is 9.79. The summed E-state index contributed by atoms with van der Waals surface area (Å²) in [6.07, 6.45) is 4.23. The van der Waals surface area contributed by atoms with E-state index in [0.29, 0.717) is 18.4 Å². The van der Waals surface area contributed by atoms with Crippen LogP contribution in [0.4, 0.5) is 5.69 Å². The lowest BCUT2D eigenvalue weighted by Gasteiger charge is -2.32. The molecule has 1 N–H and O–H groups in total. The molecule has 1 atom stereocenters. The molecule has 0 unspecified atom stereocenters. The third-order valence-electron chi connectivity index (χ3n) is 4.64. The Morgan fingerprint density at radius 2 is 2.14 bits per heavy atom. The van der Waals surface area contributed by atoms with Crippen molar-refractivity contribution in [3.8, 4) is 17.5 Å². The summed E-state index contributed by atoms with van der Waals surface area (Å²) < 4.78 is 5.54. The van der Waals surface area contributed by atoms with Crippen LogP contribution in [0.2, 0.25) is 0 Å². The van der Waals surface area contributed by atoms with Crippen molar-refractivity contribution in [2.45, 2.75) is 55.0 Å². The van der Waals surface area contributed by atoms with Crippen LogP contribution in [0.5, 0.6) is 0 Å². The topological polar surface area (TPSA) is 135 Å². The van der Waals surface area contributed by atoms with Crippen molar-refractivity contribution >= 4 is 23.4 Å². The highest BCUT2D eigenvalue weighted by molar-refractivity contribution is 8.00. The minimum atomic E-state index is -0.798. The number of carbonyl (C=O) groups is 1. The van der Waals surface area contributed by atoms with Crippen molar-refractivity contribution in [2.75, 3.05) is 0 Å². The number of nitro groups is 1. The van der Waals surface area contributed by atoms with Gasteiger partial charge in [-0.25, -0.2) is 0 Å². The largest absolute Gasteiger partial charge is 0.411 e. The number of thioether (sulfide) groups is 1. The maximum atomic E-state index is 12.5. The molecule has 146 valence electrons. The first kappa shape index (κ1) is 19.8. The Kier molecular flexibility index (Phi) is 5.94. The van der Waals surface area contributed by atoms with E-state index in [9.17, 15) is 20.2 Å². The average Bonchev–Trinajstić information content (AvgIpc) is 3.17. The van der Waals surface area contributed by atoms with Gasteiger partial charge in [0, 0.05) is 17.7 Å². The summed E-state index contributed by atoms with van der Waals surface area (Å²) >= 11 is 1.08. The lowest BCUT2D eigenvalue weighted by atomic mass is 9.83. The normalized spacial score (nSPS) is 16.7. The highest BCUT2D eigenvalue weighted by Gasteiger charge is 2.35. The van der Waals surface area contributed by atoms with Crippen LogP contribution in [0.25, 0.3) is 11.5 Å². The molecule has 28 heavy (non-hydrogen) atoms. The molecule has 1 heterocycles. The molecule has 0 bridgehead atoms. The molecular weight excluding hydrogens is 382 g/mol. The molecule has 2 aromatic rings.